The van der Waals surface area contributed by atoms with E-state index in [1.807, 2.05) is 0 Å². The second-order valence-electron chi connectivity index (χ2n) is 22.1. The Morgan fingerprint density at radius 2 is 0.522 bits per heavy atom. The van der Waals surface area contributed by atoms with Gasteiger partial charge in [0, 0.05) is 28.4 Å². The largest absolute Gasteiger partial charge is 0.402 e. The van der Waals surface area contributed by atoms with Crippen molar-refractivity contribution < 1.29 is 70.7 Å². The number of alkyl halides is 5. The van der Waals surface area contributed by atoms with Gasteiger partial charge in [-0.15, -0.1) is 23.2 Å². The summed E-state index contributed by atoms with van der Waals surface area (Å²) in [5.41, 5.74) is 25.0. The fourth-order valence-electron chi connectivity index (χ4n) is 12.3. The maximum Gasteiger partial charge on any atom is 0.402 e. The molecule has 6 aromatic carbocycles. The molecule has 0 aromatic heterocycles. The fraction of sp³-hybridized carbons (Fsp3) is 0.226. The standard InChI is InChI=1S/C22H18F3N3O4.C21H20N4O4.C19H14Cl2N4O4/c1-11-3-7-14(8-4-11)28-18(30)16(22(23,24)25)21(20(28)32)12(2)17(29)27(19(21)31)15-9-5-13(26)6-10-15;1-11-17(26)24(15-7-3-13(22)4-8-15)19(28)21(11)12(2)18(27)25(20(21)29)16-9-5-14(23)6-10-16;20-13-15(26)24(11-5-1-9(22)2-6-11)17(28)19(13)14(21)16(27)25(18(19)29)12-7-3-10(23)4-8-12/h3-10,12,16H,26H2,1-2H3;3-12H,22-23H2,1-2H3;1-8,13-14H,22-23H2/t12?,16-,21-;11-,12?,21?;13-,14?,19?/m000/s1. The van der Waals surface area contributed by atoms with Crippen LogP contribution in [0.5, 0.6) is 0 Å². The van der Waals surface area contributed by atoms with Crippen LogP contribution in [0, 0.1) is 46.8 Å². The highest BCUT2D eigenvalue weighted by molar-refractivity contribution is 6.55. The van der Waals surface area contributed by atoms with Gasteiger partial charge in [-0.2, -0.15) is 13.2 Å². The van der Waals surface area contributed by atoms with Gasteiger partial charge in [0.25, 0.3) is 47.3 Å². The summed E-state index contributed by atoms with van der Waals surface area (Å²) >= 11 is 12.6. The molecule has 12 rings (SSSR count). The molecule has 6 aliphatic heterocycles. The number of amides is 12. The van der Waals surface area contributed by atoms with Crippen LogP contribution in [0.4, 0.5) is 75.7 Å². The first-order chi connectivity index (χ1) is 42.3. The number of anilines is 11. The number of imide groups is 6. The number of benzene rings is 6. The van der Waals surface area contributed by atoms with Crippen LogP contribution in [0.1, 0.15) is 26.3 Å². The van der Waals surface area contributed by atoms with E-state index in [0.717, 1.165) is 32.1 Å². The highest BCUT2D eigenvalue weighted by Crippen LogP contribution is 2.58. The van der Waals surface area contributed by atoms with Crippen molar-refractivity contribution in [1.82, 2.24) is 0 Å². The zero-order valence-electron chi connectivity index (χ0n) is 47.7. The summed E-state index contributed by atoms with van der Waals surface area (Å²) in [7, 11) is 0. The molecule has 6 heterocycles. The van der Waals surface area contributed by atoms with Gasteiger partial charge in [-0.1, -0.05) is 38.5 Å². The van der Waals surface area contributed by atoms with E-state index in [2.05, 4.69) is 0 Å². The third kappa shape index (κ3) is 9.09. The Labute approximate surface area is 518 Å². The number of rotatable bonds is 6. The van der Waals surface area contributed by atoms with Gasteiger partial charge in [-0.25, -0.2) is 29.4 Å². The molecular weight excluding hydrogens is 1220 g/mol. The molecule has 5 unspecified atom stereocenters. The molecule has 23 nitrogen and oxygen atoms in total. The Morgan fingerprint density at radius 3 is 0.778 bits per heavy atom. The van der Waals surface area contributed by atoms with Gasteiger partial charge < -0.3 is 28.7 Å². The maximum absolute atomic E-state index is 14.2. The van der Waals surface area contributed by atoms with E-state index < -0.39 is 128 Å². The quantitative estimate of drug-likeness (QED) is 0.0562. The van der Waals surface area contributed by atoms with E-state index in [9.17, 15) is 70.7 Å². The summed E-state index contributed by atoms with van der Waals surface area (Å²) in [5.74, 6) is -18.0. The molecular formula is C62H52Cl2F3N11O12. The minimum atomic E-state index is -5.24. The smallest absolute Gasteiger partial charge is 0.399 e. The van der Waals surface area contributed by atoms with Gasteiger partial charge in [-0.05, 0) is 140 Å². The molecule has 6 aromatic rings. The second-order valence-corrected chi connectivity index (χ2v) is 23.0. The second kappa shape index (κ2) is 22.3. The van der Waals surface area contributed by atoms with Gasteiger partial charge in [0.1, 0.15) is 10.8 Å². The van der Waals surface area contributed by atoms with Crippen molar-refractivity contribution in [3.05, 3.63) is 151 Å². The number of halogens is 5. The van der Waals surface area contributed by atoms with E-state index >= 15 is 0 Å². The molecule has 10 N–H and O–H groups in total. The predicted octanol–water partition coefficient (Wildman–Crippen LogP) is 5.88. The van der Waals surface area contributed by atoms with Gasteiger partial charge >= 0.3 is 6.18 Å². The summed E-state index contributed by atoms with van der Waals surface area (Å²) in [4.78, 5) is 163. The first-order valence-electron chi connectivity index (χ1n) is 27.3. The van der Waals surface area contributed by atoms with Gasteiger partial charge in [0.05, 0.1) is 51.9 Å². The Bertz CT molecular complexity index is 3730. The minimum absolute atomic E-state index is 0.0344. The van der Waals surface area contributed by atoms with Crippen molar-refractivity contribution in [2.45, 2.75) is 44.6 Å². The number of nitrogens with zero attached hydrogens (tertiary/aromatic N) is 6. The van der Waals surface area contributed by atoms with E-state index in [1.165, 1.54) is 111 Å². The van der Waals surface area contributed by atoms with Gasteiger partial charge in [0.2, 0.25) is 23.6 Å². The van der Waals surface area contributed by atoms with E-state index in [1.54, 1.807) is 55.5 Å². The third-order valence-electron chi connectivity index (χ3n) is 17.1. The SMILES string of the molecule is CC1C(=O)N(c2ccc(N)cc2)C(=O)C12C(=O)N(c1ccc(N)cc1)C(=O)[C@@H]2C.Cc1ccc(N2C(=O)[C@H](C(F)(F)F)[C@@]3(C(=O)N(c4ccc(N)cc4)C(=O)C3C)C2=O)cc1.Nc1ccc(N2C(=O)C(Cl)C3(C2=O)C(=O)N(c2ccc(N)cc2)C(=O)[C@@H]3Cl)cc1. The molecule has 462 valence electrons. The molecule has 6 aliphatic rings. The lowest BCUT2D eigenvalue weighted by atomic mass is 9.69. The Balaban J connectivity index is 0.000000149. The molecule has 0 radical (unpaired) electrons. The van der Waals surface area contributed by atoms with Crippen molar-refractivity contribution in [1.29, 1.82) is 0 Å². The average molecular weight is 1270 g/mol. The van der Waals surface area contributed by atoms with Crippen molar-refractivity contribution in [3.8, 4) is 0 Å². The summed E-state index contributed by atoms with van der Waals surface area (Å²) in [6.45, 7) is 5.83. The molecule has 0 aliphatic carbocycles. The van der Waals surface area contributed by atoms with Crippen LogP contribution in [0.25, 0.3) is 0 Å². The highest BCUT2D eigenvalue weighted by atomic mass is 35.5. The summed E-state index contributed by atoms with van der Waals surface area (Å²) in [5, 5.41) is -3.30. The number of carbonyl (C=O) groups excluding carboxylic acids is 12. The molecule has 6 fully saturated rings. The molecule has 12 amide bonds. The highest BCUT2D eigenvalue weighted by Gasteiger charge is 2.80. The predicted molar refractivity (Wildman–Crippen MR) is 324 cm³/mol. The molecule has 0 saturated carbocycles. The van der Waals surface area contributed by atoms with Gasteiger partial charge in [0.15, 0.2) is 22.2 Å². The number of nitrogen functional groups attached to an aromatic ring is 5. The molecule has 3 spiro atoms. The zero-order valence-corrected chi connectivity index (χ0v) is 49.2. The summed E-state index contributed by atoms with van der Waals surface area (Å²) < 4.78 is 42.6. The number of carbonyl (C=O) groups is 12. The minimum Gasteiger partial charge on any atom is -0.399 e. The first-order valence-corrected chi connectivity index (χ1v) is 28.2. The number of hydrogen-bond donors (Lipinski definition) is 5. The monoisotopic (exact) mass is 1270 g/mol. The molecule has 90 heavy (non-hydrogen) atoms. The summed E-state index contributed by atoms with van der Waals surface area (Å²) in [6.07, 6.45) is -5.24. The average Bonchev–Trinajstić information content (AvgIpc) is 1.55. The van der Waals surface area contributed by atoms with E-state index in [0.29, 0.717) is 49.6 Å². The number of hydrogen-bond acceptors (Lipinski definition) is 17. The van der Waals surface area contributed by atoms with Crippen LogP contribution in [0.3, 0.4) is 0 Å². The normalized spacial score (nSPS) is 26.5. The van der Waals surface area contributed by atoms with Crippen LogP contribution >= 0.6 is 23.2 Å². The van der Waals surface area contributed by atoms with Crippen LogP contribution in [-0.2, 0) is 57.5 Å². The van der Waals surface area contributed by atoms with Crippen molar-refractivity contribution >= 4 is 157 Å². The molecule has 0 bridgehead atoms. The lowest BCUT2D eigenvalue weighted by Crippen LogP contribution is -2.51. The Morgan fingerprint density at radius 1 is 0.322 bits per heavy atom. The summed E-state index contributed by atoms with van der Waals surface area (Å²) in [6, 6.07) is 35.2. The maximum atomic E-state index is 14.2. The van der Waals surface area contributed by atoms with Crippen molar-refractivity contribution in [2.75, 3.05) is 58.1 Å². The number of nitrogens with two attached hydrogens (primary N) is 5. The van der Waals surface area contributed by atoms with E-state index in [-0.39, 0.29) is 22.7 Å². The lowest BCUT2D eigenvalue weighted by molar-refractivity contribution is -0.203. The lowest BCUT2D eigenvalue weighted by Gasteiger charge is -2.28. The van der Waals surface area contributed by atoms with Crippen molar-refractivity contribution in [3.63, 3.8) is 0 Å². The third-order valence-corrected chi connectivity index (χ3v) is 18.2. The Kier molecular flexibility index (Phi) is 15.5. The molecule has 28 heteroatoms. The van der Waals surface area contributed by atoms with Crippen LogP contribution in [-0.4, -0.2) is 87.8 Å². The topological polar surface area (TPSA) is 354 Å². The van der Waals surface area contributed by atoms with Gasteiger partial charge in [-0.3, -0.25) is 57.5 Å². The zero-order chi connectivity index (χ0) is 65.8. The Hall–Kier alpha value is -10.5. The van der Waals surface area contributed by atoms with Crippen LogP contribution in [0.2, 0.25) is 0 Å². The van der Waals surface area contributed by atoms with Crippen LogP contribution < -0.4 is 58.1 Å². The molecule has 6 saturated heterocycles. The fourth-order valence-corrected chi connectivity index (χ4v) is 13.2. The number of aryl methyl sites for hydroxylation is 1. The van der Waals surface area contributed by atoms with E-state index in [4.69, 9.17) is 51.9 Å². The molecule has 9 atom stereocenters. The first kappa shape index (κ1) is 62.6. The van der Waals surface area contributed by atoms with Crippen LogP contribution in [0.15, 0.2) is 146 Å². The van der Waals surface area contributed by atoms with Crippen molar-refractivity contribution in [2.24, 2.45) is 39.9 Å².